The van der Waals surface area contributed by atoms with Crippen LogP contribution in [-0.4, -0.2) is 39.6 Å². The van der Waals surface area contributed by atoms with E-state index in [-0.39, 0.29) is 41.7 Å². The molecule has 9 nitrogen and oxygen atoms in total. The summed E-state index contributed by atoms with van der Waals surface area (Å²) >= 11 is 0. The molecule has 2 heterocycles. The Balaban J connectivity index is 0.00000341. The Morgan fingerprint density at radius 3 is 2.74 bits per heavy atom. The molecule has 1 aromatic carbocycles. The van der Waals surface area contributed by atoms with E-state index in [1.807, 2.05) is 20.8 Å². The number of nitrogens with zero attached hydrogens (tertiary/aromatic N) is 4. The Morgan fingerprint density at radius 1 is 1.42 bits per heavy atom. The minimum atomic E-state index is -1.08. The predicted molar refractivity (Wildman–Crippen MR) is 117 cm³/mol. The molecule has 0 spiro atoms. The summed E-state index contributed by atoms with van der Waals surface area (Å²) in [5.74, 6) is -0.459. The lowest BCUT2D eigenvalue weighted by Gasteiger charge is -2.19. The number of carboxylic acids is 1. The molecular formula is C21H24ClN5O4. The van der Waals surface area contributed by atoms with Gasteiger partial charge in [-0.15, -0.1) is 12.4 Å². The van der Waals surface area contributed by atoms with Crippen LogP contribution in [-0.2, 0) is 4.79 Å². The van der Waals surface area contributed by atoms with Crippen molar-refractivity contribution >= 4 is 41.7 Å². The molecule has 0 bridgehead atoms. The molecule has 2 aromatic rings. The molecule has 1 aromatic heterocycles. The normalized spacial score (nSPS) is 17.8. The monoisotopic (exact) mass is 445 g/mol. The first-order chi connectivity index (χ1) is 14.3. The van der Waals surface area contributed by atoms with Crippen LogP contribution < -0.4 is 15.0 Å². The number of rotatable bonds is 7. The van der Waals surface area contributed by atoms with Crippen molar-refractivity contribution in [3.63, 3.8) is 0 Å². The lowest BCUT2D eigenvalue weighted by Crippen LogP contribution is -2.33. The van der Waals surface area contributed by atoms with E-state index in [1.165, 1.54) is 17.2 Å². The van der Waals surface area contributed by atoms with E-state index in [9.17, 15) is 20.0 Å². The largest absolute Gasteiger partial charge is 0.490 e. The van der Waals surface area contributed by atoms with Crippen molar-refractivity contribution in [2.45, 2.75) is 39.7 Å². The molecule has 31 heavy (non-hydrogen) atoms. The topological polar surface area (TPSA) is 128 Å². The van der Waals surface area contributed by atoms with Gasteiger partial charge in [0.15, 0.2) is 0 Å². The first kappa shape index (κ1) is 23.9. The summed E-state index contributed by atoms with van der Waals surface area (Å²) in [7, 11) is 0. The van der Waals surface area contributed by atoms with Crippen molar-refractivity contribution in [1.82, 2.24) is 9.97 Å². The third-order valence-corrected chi connectivity index (χ3v) is 4.98. The van der Waals surface area contributed by atoms with Crippen molar-refractivity contribution < 1.29 is 19.4 Å². The van der Waals surface area contributed by atoms with Crippen LogP contribution in [0.25, 0.3) is 0 Å². The summed E-state index contributed by atoms with van der Waals surface area (Å²) in [6.45, 7) is 5.86. The van der Waals surface area contributed by atoms with Crippen molar-refractivity contribution in [2.24, 2.45) is 5.41 Å². The summed E-state index contributed by atoms with van der Waals surface area (Å²) in [5, 5.41) is 21.8. The number of benzene rings is 1. The Hall–Kier alpha value is -3.38. The van der Waals surface area contributed by atoms with Gasteiger partial charge < -0.3 is 15.2 Å². The van der Waals surface area contributed by atoms with E-state index in [0.717, 1.165) is 0 Å². The highest BCUT2D eigenvalue weighted by Crippen LogP contribution is 2.36. The van der Waals surface area contributed by atoms with E-state index >= 15 is 0 Å². The molecule has 3 rings (SSSR count). The van der Waals surface area contributed by atoms with Gasteiger partial charge in [0.05, 0.1) is 12.2 Å². The van der Waals surface area contributed by atoms with Gasteiger partial charge in [0, 0.05) is 24.5 Å². The Labute approximate surface area is 186 Å². The molecule has 1 fully saturated rings. The highest BCUT2D eigenvalue weighted by Gasteiger charge is 2.46. The molecule has 0 aliphatic carbocycles. The number of amides is 1. The molecule has 1 saturated heterocycles. The Kier molecular flexibility index (Phi) is 7.41. The van der Waals surface area contributed by atoms with Crippen LogP contribution in [0.5, 0.6) is 5.75 Å². The molecule has 1 amide bonds. The second-order valence-corrected chi connectivity index (χ2v) is 7.30. The summed E-state index contributed by atoms with van der Waals surface area (Å²) in [4.78, 5) is 34.2. The fourth-order valence-corrected chi connectivity index (χ4v) is 3.32. The zero-order valence-corrected chi connectivity index (χ0v) is 18.3. The molecule has 0 saturated carbocycles. The highest BCUT2D eigenvalue weighted by molar-refractivity contribution is 6.01. The number of ether oxygens (including phenoxy) is 1. The van der Waals surface area contributed by atoms with E-state index in [1.54, 1.807) is 18.2 Å². The van der Waals surface area contributed by atoms with E-state index in [0.29, 0.717) is 30.9 Å². The number of halogens is 1. The number of nitriles is 1. The average Bonchev–Trinajstić information content (AvgIpc) is 3.04. The fraction of sp³-hybridized carbons (Fsp3) is 0.381. The third-order valence-electron chi connectivity index (χ3n) is 4.98. The number of carboxylic acid groups (broad SMARTS) is 1. The third kappa shape index (κ3) is 4.86. The molecular weight excluding hydrogens is 422 g/mol. The number of hydrogen-bond acceptors (Lipinski definition) is 7. The van der Waals surface area contributed by atoms with Gasteiger partial charge in [-0.1, -0.05) is 6.92 Å². The number of carbonyl (C=O) groups excluding carboxylic acids is 1. The quantitative estimate of drug-likeness (QED) is 0.658. The van der Waals surface area contributed by atoms with Gasteiger partial charge in [-0.2, -0.15) is 10.2 Å². The molecule has 1 atom stereocenters. The van der Waals surface area contributed by atoms with Crippen LogP contribution in [0.15, 0.2) is 30.5 Å². The summed E-state index contributed by atoms with van der Waals surface area (Å²) in [6.07, 6.45) is 2.23. The van der Waals surface area contributed by atoms with Gasteiger partial charge in [-0.3, -0.25) is 9.69 Å². The predicted octanol–water partition coefficient (Wildman–Crippen LogP) is 3.78. The highest BCUT2D eigenvalue weighted by atomic mass is 35.5. The molecule has 0 radical (unpaired) electrons. The first-order valence-electron chi connectivity index (χ1n) is 9.67. The number of aromatic carboxylic acids is 1. The van der Waals surface area contributed by atoms with Gasteiger partial charge in [-0.05, 0) is 44.9 Å². The maximum Gasteiger partial charge on any atom is 0.339 e. The molecule has 1 aliphatic rings. The SMILES string of the molecule is CC[C@]1(C#N)CCN(c2ccnc(Nc3ccc(C(=O)O)c(OC(C)C)c3)n2)C1=O.Cl. The maximum atomic E-state index is 12.8. The van der Waals surface area contributed by atoms with Crippen LogP contribution in [0.3, 0.4) is 0 Å². The molecule has 164 valence electrons. The summed E-state index contributed by atoms with van der Waals surface area (Å²) in [6, 6.07) is 8.37. The summed E-state index contributed by atoms with van der Waals surface area (Å²) < 4.78 is 5.61. The lowest BCUT2D eigenvalue weighted by atomic mass is 9.85. The number of aromatic nitrogens is 2. The van der Waals surface area contributed by atoms with Crippen molar-refractivity contribution in [2.75, 3.05) is 16.8 Å². The minimum Gasteiger partial charge on any atom is -0.490 e. The maximum absolute atomic E-state index is 12.8. The first-order valence-corrected chi connectivity index (χ1v) is 9.67. The smallest absolute Gasteiger partial charge is 0.339 e. The lowest BCUT2D eigenvalue weighted by molar-refractivity contribution is -0.123. The fourth-order valence-electron chi connectivity index (χ4n) is 3.32. The Morgan fingerprint density at radius 2 is 2.16 bits per heavy atom. The standard InChI is InChI=1S/C21H23N5O4.ClH/c1-4-21(12-22)8-10-26(19(21)29)17-7-9-23-20(25-17)24-14-5-6-15(18(27)28)16(11-14)30-13(2)3;/h5-7,9,11,13H,4,8,10H2,1-3H3,(H,27,28)(H,23,24,25);1H/t21-;/m1./s1. The van der Waals surface area contributed by atoms with Crippen molar-refractivity contribution in [1.29, 1.82) is 5.26 Å². The van der Waals surface area contributed by atoms with Gasteiger partial charge in [-0.25, -0.2) is 9.78 Å². The van der Waals surface area contributed by atoms with Crippen LogP contribution in [0.4, 0.5) is 17.5 Å². The minimum absolute atomic E-state index is 0. The second-order valence-electron chi connectivity index (χ2n) is 7.30. The zero-order valence-electron chi connectivity index (χ0n) is 17.5. The number of anilines is 3. The van der Waals surface area contributed by atoms with Gasteiger partial charge >= 0.3 is 5.97 Å². The molecule has 0 unspecified atom stereocenters. The van der Waals surface area contributed by atoms with E-state index in [4.69, 9.17) is 4.74 Å². The molecule has 1 aliphatic heterocycles. The molecule has 10 heteroatoms. The summed E-state index contributed by atoms with van der Waals surface area (Å²) in [5.41, 5.74) is -0.409. The zero-order chi connectivity index (χ0) is 21.9. The van der Waals surface area contributed by atoms with Crippen LogP contribution >= 0.6 is 12.4 Å². The van der Waals surface area contributed by atoms with Gasteiger partial charge in [0.1, 0.15) is 22.5 Å². The van der Waals surface area contributed by atoms with Crippen LogP contribution in [0.2, 0.25) is 0 Å². The number of hydrogen-bond donors (Lipinski definition) is 2. The van der Waals surface area contributed by atoms with Gasteiger partial charge in [0.25, 0.3) is 0 Å². The van der Waals surface area contributed by atoms with E-state index < -0.39 is 11.4 Å². The van der Waals surface area contributed by atoms with Crippen molar-refractivity contribution in [3.05, 3.63) is 36.0 Å². The number of carbonyl (C=O) groups is 2. The second kappa shape index (κ2) is 9.62. The van der Waals surface area contributed by atoms with Crippen LogP contribution in [0.1, 0.15) is 44.0 Å². The number of nitrogens with one attached hydrogen (secondary N) is 1. The van der Waals surface area contributed by atoms with Gasteiger partial charge in [0.2, 0.25) is 11.9 Å². The van der Waals surface area contributed by atoms with Crippen molar-refractivity contribution in [3.8, 4) is 11.8 Å². The Bertz CT molecular complexity index is 1020. The van der Waals surface area contributed by atoms with Crippen LogP contribution in [0, 0.1) is 16.7 Å². The average molecular weight is 446 g/mol. The molecule has 2 N–H and O–H groups in total. The van der Waals surface area contributed by atoms with E-state index in [2.05, 4.69) is 21.4 Å².